The minimum absolute atomic E-state index is 0.0254. The highest BCUT2D eigenvalue weighted by atomic mass is 16.7. The summed E-state index contributed by atoms with van der Waals surface area (Å²) in [5.41, 5.74) is 0.730. The number of carbonyl (C=O) groups excluding carboxylic acids is 2. The van der Waals surface area contributed by atoms with E-state index in [1.54, 1.807) is 0 Å². The molecule has 19 unspecified atom stereocenters. The molecule has 0 aromatic heterocycles. The van der Waals surface area contributed by atoms with E-state index in [0.717, 1.165) is 37.7 Å². The molecule has 14 heteroatoms. The number of esters is 2. The van der Waals surface area contributed by atoms with Crippen LogP contribution in [0.25, 0.3) is 0 Å². The summed E-state index contributed by atoms with van der Waals surface area (Å²) < 4.78 is 35.8. The zero-order valence-electron chi connectivity index (χ0n) is 36.7. The largest absolute Gasteiger partial charge is 0.463 e. The lowest BCUT2D eigenvalue weighted by Gasteiger charge is -2.67. The molecule has 2 heterocycles. The summed E-state index contributed by atoms with van der Waals surface area (Å²) in [4.78, 5) is 23.8. The smallest absolute Gasteiger partial charge is 0.303 e. The maximum Gasteiger partial charge on any atom is 0.303 e. The first-order valence-corrected chi connectivity index (χ1v) is 21.8. The van der Waals surface area contributed by atoms with Gasteiger partial charge in [0.1, 0.15) is 43.2 Å². The molecule has 3 saturated carbocycles. The third-order valence-electron chi connectivity index (χ3n) is 16.0. The molecule has 2 saturated heterocycles. The van der Waals surface area contributed by atoms with Gasteiger partial charge in [-0.3, -0.25) is 9.59 Å². The van der Waals surface area contributed by atoms with E-state index in [4.69, 9.17) is 28.4 Å². The summed E-state index contributed by atoms with van der Waals surface area (Å²) in [7, 11) is 0. The van der Waals surface area contributed by atoms with E-state index in [0.29, 0.717) is 12.8 Å². The molecule has 5 fully saturated rings. The fourth-order valence-corrected chi connectivity index (χ4v) is 12.9. The third-order valence-corrected chi connectivity index (χ3v) is 16.0. The van der Waals surface area contributed by atoms with Crippen molar-refractivity contribution in [2.24, 2.45) is 45.3 Å². The first-order chi connectivity index (χ1) is 27.5. The van der Waals surface area contributed by atoms with Crippen LogP contribution >= 0.6 is 0 Å². The minimum Gasteiger partial charge on any atom is -0.463 e. The summed E-state index contributed by atoms with van der Waals surface area (Å²) >= 11 is 0. The molecule has 6 rings (SSSR count). The van der Waals surface area contributed by atoms with Crippen LogP contribution in [0, 0.1) is 45.3 Å². The molecule has 2 aliphatic heterocycles. The molecule has 0 radical (unpaired) electrons. The lowest BCUT2D eigenvalue weighted by molar-refractivity contribution is -0.317. The first kappa shape index (κ1) is 46.5. The molecule has 19 atom stereocenters. The second kappa shape index (κ2) is 17.3. The van der Waals surface area contributed by atoms with E-state index < -0.39 is 90.3 Å². The fourth-order valence-electron chi connectivity index (χ4n) is 12.9. The Hall–Kier alpha value is -1.98. The zero-order valence-corrected chi connectivity index (χ0v) is 36.7. The highest BCUT2D eigenvalue weighted by Gasteiger charge is 2.72. The molecule has 6 N–H and O–H groups in total. The Morgan fingerprint density at radius 1 is 0.864 bits per heavy atom. The van der Waals surface area contributed by atoms with E-state index in [9.17, 15) is 40.2 Å². The van der Waals surface area contributed by atoms with E-state index in [-0.39, 0.29) is 53.8 Å². The van der Waals surface area contributed by atoms with Gasteiger partial charge in [0.15, 0.2) is 18.7 Å². The Labute approximate surface area is 349 Å². The van der Waals surface area contributed by atoms with Gasteiger partial charge in [-0.2, -0.15) is 0 Å². The van der Waals surface area contributed by atoms with Crippen LogP contribution in [0.2, 0.25) is 0 Å². The number of fused-ring (bicyclic) bond motifs is 5. The molecule has 6 aliphatic rings. The SMILES string of the molecule is CC(=O)OCC1OC(OC2CC3(C)C4C(O)C=C5C(CCC(OC6OCC(O)C(O)C6O)C5(C)C)C4(C)CCC3(C)C2C(C)CCC=C(C)C)C(O)C(O)C1OC(C)=O. The van der Waals surface area contributed by atoms with Crippen molar-refractivity contribution in [1.29, 1.82) is 0 Å². The van der Waals surface area contributed by atoms with Gasteiger partial charge >= 0.3 is 11.9 Å². The Balaban J connectivity index is 1.32. The van der Waals surface area contributed by atoms with Crippen LogP contribution < -0.4 is 0 Å². The Morgan fingerprint density at radius 3 is 2.19 bits per heavy atom. The monoisotopic (exact) mass is 836 g/mol. The highest BCUT2D eigenvalue weighted by molar-refractivity contribution is 5.66. The van der Waals surface area contributed by atoms with Crippen molar-refractivity contribution in [2.75, 3.05) is 13.2 Å². The second-order valence-corrected chi connectivity index (χ2v) is 20.3. The predicted octanol–water partition coefficient (Wildman–Crippen LogP) is 3.71. The van der Waals surface area contributed by atoms with Gasteiger partial charge in [0, 0.05) is 25.2 Å². The lowest BCUT2D eigenvalue weighted by Crippen LogP contribution is -2.63. The van der Waals surface area contributed by atoms with Crippen molar-refractivity contribution in [2.45, 2.75) is 188 Å². The van der Waals surface area contributed by atoms with Gasteiger partial charge in [-0.25, -0.2) is 0 Å². The van der Waals surface area contributed by atoms with E-state index in [2.05, 4.69) is 61.5 Å². The van der Waals surface area contributed by atoms with Gasteiger partial charge in [0.05, 0.1) is 24.9 Å². The van der Waals surface area contributed by atoms with Crippen LogP contribution in [0.15, 0.2) is 23.3 Å². The van der Waals surface area contributed by atoms with Gasteiger partial charge in [-0.15, -0.1) is 0 Å². The average molecular weight is 837 g/mol. The fraction of sp³-hybridized carbons (Fsp3) is 0.867. The van der Waals surface area contributed by atoms with Crippen molar-refractivity contribution in [3.05, 3.63) is 23.3 Å². The minimum atomic E-state index is -1.57. The van der Waals surface area contributed by atoms with Crippen molar-refractivity contribution >= 4 is 11.9 Å². The summed E-state index contributed by atoms with van der Waals surface area (Å²) in [6.45, 7) is 19.6. The topological polar surface area (TPSA) is 211 Å². The molecular formula is C45H72O14. The highest BCUT2D eigenvalue weighted by Crippen LogP contribution is 2.75. The quantitative estimate of drug-likeness (QED) is 0.130. The molecule has 0 aromatic rings. The molecule has 0 spiro atoms. The third kappa shape index (κ3) is 8.34. The standard InChI is InChI=1S/C45H72O14/c1-22(2)12-11-13-23(3)33-30(57-41-37(53)35(51)38(56-25(5)47)31(58-41)21-54-24(4)46)19-45(10)39-28(48)18-27-26(43(39,8)16-17-44(33,45)9)14-15-32(42(27,6)7)59-40-36(52)34(50)29(49)20-55-40/h12,18,23,26,28-41,48-53H,11,13-17,19-21H2,1-10H3. The number of hydrogen-bond donors (Lipinski definition) is 6. The zero-order chi connectivity index (χ0) is 43.6. The Morgan fingerprint density at radius 2 is 1.54 bits per heavy atom. The number of carbonyl (C=O) groups is 2. The summed E-state index contributed by atoms with van der Waals surface area (Å²) in [6, 6.07) is 0. The van der Waals surface area contributed by atoms with Crippen LogP contribution in [-0.2, 0) is 38.0 Å². The van der Waals surface area contributed by atoms with Crippen molar-refractivity contribution in [3.8, 4) is 0 Å². The van der Waals surface area contributed by atoms with Gasteiger partial charge in [0.25, 0.3) is 0 Å². The summed E-state index contributed by atoms with van der Waals surface area (Å²) in [5.74, 6) is -1.15. The maximum absolute atomic E-state index is 12.6. The summed E-state index contributed by atoms with van der Waals surface area (Å²) in [5, 5.41) is 66.4. The normalized spacial score (nSPS) is 47.1. The molecule has 14 nitrogen and oxygen atoms in total. The van der Waals surface area contributed by atoms with Crippen LogP contribution in [0.3, 0.4) is 0 Å². The molecule has 0 amide bonds. The molecular weight excluding hydrogens is 764 g/mol. The average Bonchev–Trinajstić information content (AvgIpc) is 3.37. The first-order valence-electron chi connectivity index (χ1n) is 21.8. The predicted molar refractivity (Wildman–Crippen MR) is 214 cm³/mol. The van der Waals surface area contributed by atoms with E-state index >= 15 is 0 Å². The number of hydrogen-bond acceptors (Lipinski definition) is 14. The Kier molecular flexibility index (Phi) is 13.6. The van der Waals surface area contributed by atoms with Crippen molar-refractivity contribution in [1.82, 2.24) is 0 Å². The van der Waals surface area contributed by atoms with Gasteiger partial charge in [0.2, 0.25) is 0 Å². The molecule has 4 aliphatic carbocycles. The van der Waals surface area contributed by atoms with Crippen LogP contribution in [0.4, 0.5) is 0 Å². The number of aliphatic hydroxyl groups is 6. The Bertz CT molecular complexity index is 1590. The maximum atomic E-state index is 12.6. The van der Waals surface area contributed by atoms with E-state index in [1.165, 1.54) is 19.4 Å². The van der Waals surface area contributed by atoms with Gasteiger partial charge < -0.3 is 59.1 Å². The van der Waals surface area contributed by atoms with Crippen LogP contribution in [0.1, 0.15) is 114 Å². The second-order valence-electron chi connectivity index (χ2n) is 20.3. The number of ether oxygens (including phenoxy) is 6. The van der Waals surface area contributed by atoms with Crippen molar-refractivity contribution in [3.63, 3.8) is 0 Å². The lowest BCUT2D eigenvalue weighted by atomic mass is 9.38. The summed E-state index contributed by atoms with van der Waals surface area (Å²) in [6.07, 6.45) is -3.72. The number of allylic oxidation sites excluding steroid dienone is 2. The van der Waals surface area contributed by atoms with Crippen molar-refractivity contribution < 1.29 is 68.6 Å². The van der Waals surface area contributed by atoms with Gasteiger partial charge in [-0.1, -0.05) is 64.8 Å². The number of rotatable bonds is 11. The van der Waals surface area contributed by atoms with Crippen LogP contribution in [-0.4, -0.2) is 129 Å². The molecule has 59 heavy (non-hydrogen) atoms. The van der Waals surface area contributed by atoms with E-state index in [1.807, 2.05) is 6.08 Å². The van der Waals surface area contributed by atoms with Gasteiger partial charge in [-0.05, 0) is 92.8 Å². The molecule has 0 bridgehead atoms. The molecule has 0 aromatic carbocycles. The number of aliphatic hydroxyl groups excluding tert-OH is 6. The van der Waals surface area contributed by atoms with Crippen LogP contribution in [0.5, 0.6) is 0 Å². The molecule has 336 valence electrons.